The van der Waals surface area contributed by atoms with Crippen molar-refractivity contribution in [2.75, 3.05) is 19.7 Å². The maximum Gasteiger partial charge on any atom is 0.243 e. The van der Waals surface area contributed by atoms with Crippen LogP contribution < -0.4 is 11.1 Å². The monoisotopic (exact) mass is 144 g/mol. The average Bonchev–Trinajstić information content (AvgIpc) is 1.97. The molecule has 58 valence electrons. The number of hydrogen-bond donors (Lipinski definition) is 3. The maximum atomic E-state index is 10.6. The SMILES string of the molecule is NC/C=C/C(=O)NCCO. The van der Waals surface area contributed by atoms with Crippen LogP contribution in [0.25, 0.3) is 0 Å². The zero-order valence-corrected chi connectivity index (χ0v) is 5.71. The summed E-state index contributed by atoms with van der Waals surface area (Å²) >= 11 is 0. The Morgan fingerprint density at radius 1 is 1.70 bits per heavy atom. The van der Waals surface area contributed by atoms with Gasteiger partial charge in [0.05, 0.1) is 6.61 Å². The summed E-state index contributed by atoms with van der Waals surface area (Å²) in [6.45, 7) is 0.600. The lowest BCUT2D eigenvalue weighted by atomic mass is 10.4. The van der Waals surface area contributed by atoms with Crippen LogP contribution in [0.2, 0.25) is 0 Å². The molecule has 0 aromatic heterocycles. The molecule has 4 nitrogen and oxygen atoms in total. The second-order valence-corrected chi connectivity index (χ2v) is 1.65. The fraction of sp³-hybridized carbons (Fsp3) is 0.500. The molecule has 0 saturated heterocycles. The zero-order valence-electron chi connectivity index (χ0n) is 5.71. The van der Waals surface area contributed by atoms with Gasteiger partial charge in [-0.25, -0.2) is 0 Å². The van der Waals surface area contributed by atoms with Crippen molar-refractivity contribution in [3.8, 4) is 0 Å². The Morgan fingerprint density at radius 2 is 2.40 bits per heavy atom. The van der Waals surface area contributed by atoms with Crippen molar-refractivity contribution in [3.63, 3.8) is 0 Å². The van der Waals surface area contributed by atoms with Gasteiger partial charge in [0.25, 0.3) is 0 Å². The lowest BCUT2D eigenvalue weighted by Gasteiger charge is -1.95. The lowest BCUT2D eigenvalue weighted by Crippen LogP contribution is -2.24. The Balaban J connectivity index is 3.34. The second-order valence-electron chi connectivity index (χ2n) is 1.65. The topological polar surface area (TPSA) is 75.4 Å². The Morgan fingerprint density at radius 3 is 2.90 bits per heavy atom. The molecule has 0 rings (SSSR count). The normalized spacial score (nSPS) is 10.2. The minimum absolute atomic E-state index is 0.0395. The van der Waals surface area contributed by atoms with E-state index in [0.29, 0.717) is 6.54 Å². The maximum absolute atomic E-state index is 10.6. The summed E-state index contributed by atoms with van der Waals surface area (Å²) in [6.07, 6.45) is 2.89. The molecule has 0 unspecified atom stereocenters. The summed E-state index contributed by atoms with van der Waals surface area (Å²) in [6, 6.07) is 0. The molecule has 10 heavy (non-hydrogen) atoms. The molecule has 0 aromatic rings. The van der Waals surface area contributed by atoms with Crippen LogP contribution in [-0.2, 0) is 4.79 Å². The highest BCUT2D eigenvalue weighted by Gasteiger charge is 1.89. The van der Waals surface area contributed by atoms with Gasteiger partial charge in [0.1, 0.15) is 0 Å². The van der Waals surface area contributed by atoms with Crippen LogP contribution >= 0.6 is 0 Å². The van der Waals surface area contributed by atoms with Crippen molar-refractivity contribution in [1.29, 1.82) is 0 Å². The Kier molecular flexibility index (Phi) is 5.71. The highest BCUT2D eigenvalue weighted by Crippen LogP contribution is 1.69. The van der Waals surface area contributed by atoms with Gasteiger partial charge in [-0.15, -0.1) is 0 Å². The van der Waals surface area contributed by atoms with Gasteiger partial charge in [-0.1, -0.05) is 6.08 Å². The fourth-order valence-corrected chi connectivity index (χ4v) is 0.413. The number of nitrogens with one attached hydrogen (secondary N) is 1. The molecule has 0 bridgehead atoms. The first-order valence-electron chi connectivity index (χ1n) is 3.06. The van der Waals surface area contributed by atoms with E-state index in [4.69, 9.17) is 10.8 Å². The smallest absolute Gasteiger partial charge is 0.243 e. The van der Waals surface area contributed by atoms with Gasteiger partial charge in [0.15, 0.2) is 0 Å². The first-order valence-corrected chi connectivity index (χ1v) is 3.06. The van der Waals surface area contributed by atoms with Crippen molar-refractivity contribution >= 4 is 5.91 Å². The number of aliphatic hydroxyl groups excluding tert-OH is 1. The molecule has 0 aliphatic carbocycles. The first kappa shape index (κ1) is 9.13. The summed E-state index contributed by atoms with van der Waals surface area (Å²) in [5.74, 6) is -0.223. The van der Waals surface area contributed by atoms with Gasteiger partial charge >= 0.3 is 0 Å². The minimum atomic E-state index is -0.223. The quantitative estimate of drug-likeness (QED) is 0.425. The predicted molar refractivity (Wildman–Crippen MR) is 38.3 cm³/mol. The first-order chi connectivity index (χ1) is 4.81. The Labute approximate surface area is 59.7 Å². The van der Waals surface area contributed by atoms with Crippen molar-refractivity contribution < 1.29 is 9.90 Å². The van der Waals surface area contributed by atoms with E-state index in [2.05, 4.69) is 5.32 Å². The van der Waals surface area contributed by atoms with Gasteiger partial charge in [-0.05, 0) is 0 Å². The van der Waals surface area contributed by atoms with E-state index in [-0.39, 0.29) is 19.1 Å². The van der Waals surface area contributed by atoms with Gasteiger partial charge < -0.3 is 16.2 Å². The van der Waals surface area contributed by atoms with Gasteiger partial charge in [0.2, 0.25) is 5.91 Å². The van der Waals surface area contributed by atoms with Crippen LogP contribution in [0.15, 0.2) is 12.2 Å². The summed E-state index contributed by atoms with van der Waals surface area (Å²) in [7, 11) is 0. The van der Waals surface area contributed by atoms with Crippen LogP contribution in [0.4, 0.5) is 0 Å². The zero-order chi connectivity index (χ0) is 7.82. The van der Waals surface area contributed by atoms with Crippen LogP contribution in [0, 0.1) is 0 Å². The van der Waals surface area contributed by atoms with Crippen molar-refractivity contribution in [1.82, 2.24) is 5.32 Å². The molecular formula is C6H12N2O2. The third-order valence-corrected chi connectivity index (χ3v) is 0.816. The molecule has 4 N–H and O–H groups in total. The van der Waals surface area contributed by atoms with Crippen molar-refractivity contribution in [3.05, 3.63) is 12.2 Å². The predicted octanol–water partition coefficient (Wildman–Crippen LogP) is -1.39. The van der Waals surface area contributed by atoms with E-state index in [9.17, 15) is 4.79 Å². The molecule has 0 saturated carbocycles. The third kappa shape index (κ3) is 5.27. The van der Waals surface area contributed by atoms with E-state index in [1.165, 1.54) is 6.08 Å². The number of rotatable bonds is 4. The Bertz CT molecular complexity index is 123. The highest BCUT2D eigenvalue weighted by molar-refractivity contribution is 5.87. The summed E-state index contributed by atoms with van der Waals surface area (Å²) in [4.78, 5) is 10.6. The van der Waals surface area contributed by atoms with E-state index in [0.717, 1.165) is 0 Å². The second kappa shape index (κ2) is 6.25. The number of hydrogen-bond acceptors (Lipinski definition) is 3. The molecule has 0 spiro atoms. The molecule has 1 amide bonds. The van der Waals surface area contributed by atoms with Crippen LogP contribution in [-0.4, -0.2) is 30.7 Å². The summed E-state index contributed by atoms with van der Waals surface area (Å²) in [5.41, 5.74) is 5.09. The molecule has 0 aliphatic rings. The number of carbonyl (C=O) groups is 1. The molecule has 0 aromatic carbocycles. The standard InChI is InChI=1S/C6H12N2O2/c7-3-1-2-6(10)8-4-5-9/h1-2,9H,3-5,7H2,(H,8,10)/b2-1+. The summed E-state index contributed by atoms with van der Waals surface area (Å²) in [5, 5.41) is 10.7. The van der Waals surface area contributed by atoms with Crippen molar-refractivity contribution in [2.45, 2.75) is 0 Å². The fourth-order valence-electron chi connectivity index (χ4n) is 0.413. The van der Waals surface area contributed by atoms with E-state index >= 15 is 0 Å². The lowest BCUT2D eigenvalue weighted by molar-refractivity contribution is -0.116. The van der Waals surface area contributed by atoms with E-state index < -0.39 is 0 Å². The highest BCUT2D eigenvalue weighted by atomic mass is 16.3. The summed E-state index contributed by atoms with van der Waals surface area (Å²) < 4.78 is 0. The van der Waals surface area contributed by atoms with Gasteiger partial charge in [-0.2, -0.15) is 0 Å². The third-order valence-electron chi connectivity index (χ3n) is 0.816. The molecule has 4 heteroatoms. The largest absolute Gasteiger partial charge is 0.395 e. The number of amides is 1. The Hall–Kier alpha value is -0.870. The molecule has 0 radical (unpaired) electrons. The van der Waals surface area contributed by atoms with E-state index in [1.807, 2.05) is 0 Å². The molecular weight excluding hydrogens is 132 g/mol. The number of carbonyl (C=O) groups excluding carboxylic acids is 1. The van der Waals surface area contributed by atoms with Crippen molar-refractivity contribution in [2.24, 2.45) is 5.73 Å². The van der Waals surface area contributed by atoms with Crippen LogP contribution in [0.3, 0.4) is 0 Å². The molecule has 0 fully saturated rings. The number of aliphatic hydroxyl groups is 1. The average molecular weight is 144 g/mol. The van der Waals surface area contributed by atoms with Crippen LogP contribution in [0.5, 0.6) is 0 Å². The van der Waals surface area contributed by atoms with Crippen LogP contribution in [0.1, 0.15) is 0 Å². The van der Waals surface area contributed by atoms with E-state index in [1.54, 1.807) is 6.08 Å². The number of nitrogens with two attached hydrogens (primary N) is 1. The minimum Gasteiger partial charge on any atom is -0.395 e. The molecule has 0 heterocycles. The molecule has 0 atom stereocenters. The molecule has 0 aliphatic heterocycles. The van der Waals surface area contributed by atoms with Gasteiger partial charge in [0, 0.05) is 19.2 Å². The van der Waals surface area contributed by atoms with Gasteiger partial charge in [-0.3, -0.25) is 4.79 Å².